The van der Waals surface area contributed by atoms with Crippen molar-refractivity contribution in [1.82, 2.24) is 15.1 Å². The Morgan fingerprint density at radius 3 is 2.77 bits per heavy atom. The lowest BCUT2D eigenvalue weighted by Gasteiger charge is -2.02. The second-order valence-corrected chi connectivity index (χ2v) is 4.59. The van der Waals surface area contributed by atoms with Crippen molar-refractivity contribution in [2.75, 3.05) is 7.11 Å². The molecule has 2 aromatic heterocycles. The number of nitrogens with zero attached hydrogens (tertiary/aromatic N) is 2. The Morgan fingerprint density at radius 2 is 2.09 bits per heavy atom. The largest absolute Gasteiger partial charge is 0.493 e. The molecule has 22 heavy (non-hydrogen) atoms. The van der Waals surface area contributed by atoms with E-state index >= 15 is 0 Å². The van der Waals surface area contributed by atoms with E-state index in [1.165, 1.54) is 7.11 Å². The van der Waals surface area contributed by atoms with Gasteiger partial charge in [-0.15, -0.1) is 0 Å². The second kappa shape index (κ2) is 6.17. The van der Waals surface area contributed by atoms with E-state index in [4.69, 9.17) is 9.15 Å². The van der Waals surface area contributed by atoms with E-state index in [-0.39, 0.29) is 11.6 Å². The third-order valence-corrected chi connectivity index (χ3v) is 3.14. The van der Waals surface area contributed by atoms with Gasteiger partial charge >= 0.3 is 0 Å². The molecule has 0 aliphatic carbocycles. The van der Waals surface area contributed by atoms with Crippen molar-refractivity contribution in [1.29, 1.82) is 0 Å². The third-order valence-electron chi connectivity index (χ3n) is 3.14. The molecule has 6 nitrogen and oxygen atoms in total. The molecule has 0 aliphatic rings. The number of hydrogen-bond acceptors (Lipinski definition) is 4. The van der Waals surface area contributed by atoms with Crippen molar-refractivity contribution in [3.63, 3.8) is 0 Å². The van der Waals surface area contributed by atoms with E-state index in [0.717, 1.165) is 5.69 Å². The molecule has 6 heteroatoms. The van der Waals surface area contributed by atoms with Crippen molar-refractivity contribution in [3.05, 3.63) is 66.4 Å². The Hall–Kier alpha value is -3.02. The fourth-order valence-electron chi connectivity index (χ4n) is 2.04. The van der Waals surface area contributed by atoms with Gasteiger partial charge in [0.25, 0.3) is 5.91 Å². The molecule has 1 aromatic carbocycles. The van der Waals surface area contributed by atoms with Gasteiger partial charge in [0.15, 0.2) is 11.4 Å². The number of furan rings is 1. The number of amides is 1. The zero-order chi connectivity index (χ0) is 15.4. The summed E-state index contributed by atoms with van der Waals surface area (Å²) in [4.78, 5) is 12.3. The molecule has 2 heterocycles. The van der Waals surface area contributed by atoms with Gasteiger partial charge in [0.2, 0.25) is 0 Å². The lowest BCUT2D eigenvalue weighted by Crippen LogP contribution is -2.23. The summed E-state index contributed by atoms with van der Waals surface area (Å²) in [6, 6.07) is 13.1. The molecule has 3 rings (SSSR count). The summed E-state index contributed by atoms with van der Waals surface area (Å²) in [6.07, 6.45) is 3.24. The number of carbonyl (C=O) groups excluding carboxylic acids is 1. The number of carbonyl (C=O) groups is 1. The van der Waals surface area contributed by atoms with Crippen LogP contribution < -0.4 is 10.1 Å². The Balaban J connectivity index is 1.80. The highest BCUT2D eigenvalue weighted by Gasteiger charge is 2.18. The highest BCUT2D eigenvalue weighted by Crippen LogP contribution is 2.19. The monoisotopic (exact) mass is 297 g/mol. The summed E-state index contributed by atoms with van der Waals surface area (Å²) < 4.78 is 12.0. The molecule has 3 aromatic rings. The van der Waals surface area contributed by atoms with E-state index in [9.17, 15) is 4.79 Å². The number of methoxy groups -OCH3 is 1. The van der Waals surface area contributed by atoms with Crippen LogP contribution in [0.4, 0.5) is 0 Å². The first kappa shape index (κ1) is 13.9. The average Bonchev–Trinajstić information content (AvgIpc) is 3.22. The highest BCUT2D eigenvalue weighted by atomic mass is 16.5. The Labute approximate surface area is 127 Å². The van der Waals surface area contributed by atoms with Crippen LogP contribution in [0.15, 0.2) is 59.3 Å². The first-order chi connectivity index (χ1) is 10.8. The molecule has 0 aliphatic heterocycles. The zero-order valence-corrected chi connectivity index (χ0v) is 12.0. The Kier molecular flexibility index (Phi) is 3.91. The average molecular weight is 297 g/mol. The van der Waals surface area contributed by atoms with Gasteiger partial charge in [-0.3, -0.25) is 4.79 Å². The molecule has 0 saturated carbocycles. The summed E-state index contributed by atoms with van der Waals surface area (Å²) in [5.74, 6) is 0.776. The van der Waals surface area contributed by atoms with Crippen LogP contribution in [0.2, 0.25) is 0 Å². The van der Waals surface area contributed by atoms with Gasteiger partial charge in [0.05, 0.1) is 31.8 Å². The standard InChI is InChI=1S/C16H15N3O3/c1-21-14-11-19(12-6-3-2-4-7-12)18-15(14)16(20)17-10-13-8-5-9-22-13/h2-9,11H,10H2,1H3,(H,17,20). The SMILES string of the molecule is COc1cn(-c2ccccc2)nc1C(=O)NCc1ccco1. The molecular weight excluding hydrogens is 282 g/mol. The smallest absolute Gasteiger partial charge is 0.276 e. The normalized spacial score (nSPS) is 10.4. The number of ether oxygens (including phenoxy) is 1. The third kappa shape index (κ3) is 2.85. The molecule has 0 radical (unpaired) electrons. The van der Waals surface area contributed by atoms with E-state index in [2.05, 4.69) is 10.4 Å². The van der Waals surface area contributed by atoms with Crippen LogP contribution in [0.25, 0.3) is 5.69 Å². The van der Waals surface area contributed by atoms with Crippen LogP contribution >= 0.6 is 0 Å². The van der Waals surface area contributed by atoms with Crippen molar-refractivity contribution in [3.8, 4) is 11.4 Å². The number of benzene rings is 1. The van der Waals surface area contributed by atoms with Gasteiger partial charge in [0, 0.05) is 0 Å². The topological polar surface area (TPSA) is 69.3 Å². The van der Waals surface area contributed by atoms with Crippen LogP contribution in [0.1, 0.15) is 16.2 Å². The van der Waals surface area contributed by atoms with Gasteiger partial charge in [-0.1, -0.05) is 18.2 Å². The fraction of sp³-hybridized carbons (Fsp3) is 0.125. The maximum atomic E-state index is 12.3. The first-order valence-corrected chi connectivity index (χ1v) is 6.77. The highest BCUT2D eigenvalue weighted by molar-refractivity contribution is 5.94. The minimum absolute atomic E-state index is 0.234. The molecule has 0 bridgehead atoms. The van der Waals surface area contributed by atoms with Crippen LogP contribution in [0.3, 0.4) is 0 Å². The maximum absolute atomic E-state index is 12.3. The maximum Gasteiger partial charge on any atom is 0.276 e. The summed E-state index contributed by atoms with van der Waals surface area (Å²) in [7, 11) is 1.51. The van der Waals surface area contributed by atoms with Crippen LogP contribution in [0.5, 0.6) is 5.75 Å². The van der Waals surface area contributed by atoms with Crippen molar-refractivity contribution in [2.24, 2.45) is 0 Å². The van der Waals surface area contributed by atoms with Gasteiger partial charge in [0.1, 0.15) is 5.76 Å². The summed E-state index contributed by atoms with van der Waals surface area (Å²) in [6.45, 7) is 0.299. The van der Waals surface area contributed by atoms with Crippen LogP contribution in [-0.2, 0) is 6.54 Å². The lowest BCUT2D eigenvalue weighted by atomic mass is 10.3. The number of hydrogen-bond donors (Lipinski definition) is 1. The Bertz CT molecular complexity index is 748. The minimum atomic E-state index is -0.317. The van der Waals surface area contributed by atoms with Crippen LogP contribution in [0, 0.1) is 0 Å². The molecule has 0 fully saturated rings. The molecule has 0 spiro atoms. The second-order valence-electron chi connectivity index (χ2n) is 4.59. The minimum Gasteiger partial charge on any atom is -0.493 e. The molecule has 1 N–H and O–H groups in total. The summed E-state index contributed by atoms with van der Waals surface area (Å²) in [5, 5.41) is 7.05. The van der Waals surface area contributed by atoms with Crippen LogP contribution in [-0.4, -0.2) is 22.8 Å². The van der Waals surface area contributed by atoms with Gasteiger partial charge in [-0.05, 0) is 24.3 Å². The van der Waals surface area contributed by atoms with Gasteiger partial charge in [-0.2, -0.15) is 5.10 Å². The molecule has 1 amide bonds. The lowest BCUT2D eigenvalue weighted by molar-refractivity contribution is 0.0939. The Morgan fingerprint density at radius 1 is 1.27 bits per heavy atom. The predicted molar refractivity (Wildman–Crippen MR) is 80.0 cm³/mol. The molecule has 0 unspecified atom stereocenters. The number of nitrogens with one attached hydrogen (secondary N) is 1. The van der Waals surface area contributed by atoms with E-state index in [1.807, 2.05) is 30.3 Å². The molecular formula is C16H15N3O3. The van der Waals surface area contributed by atoms with E-state index in [1.54, 1.807) is 29.3 Å². The van der Waals surface area contributed by atoms with E-state index in [0.29, 0.717) is 18.1 Å². The summed E-state index contributed by atoms with van der Waals surface area (Å²) in [5.41, 5.74) is 1.09. The molecule has 0 atom stereocenters. The first-order valence-electron chi connectivity index (χ1n) is 6.77. The fourth-order valence-corrected chi connectivity index (χ4v) is 2.04. The number of para-hydroxylation sites is 1. The molecule has 0 saturated heterocycles. The summed E-state index contributed by atoms with van der Waals surface area (Å²) >= 11 is 0. The number of aromatic nitrogens is 2. The van der Waals surface area contributed by atoms with Crippen molar-refractivity contribution in [2.45, 2.75) is 6.54 Å². The van der Waals surface area contributed by atoms with Crippen molar-refractivity contribution >= 4 is 5.91 Å². The van der Waals surface area contributed by atoms with Gasteiger partial charge in [-0.25, -0.2) is 4.68 Å². The predicted octanol–water partition coefficient (Wildman–Crippen LogP) is 2.40. The van der Waals surface area contributed by atoms with Gasteiger partial charge < -0.3 is 14.5 Å². The zero-order valence-electron chi connectivity index (χ0n) is 12.0. The molecule has 112 valence electrons. The number of rotatable bonds is 5. The quantitative estimate of drug-likeness (QED) is 0.785. The van der Waals surface area contributed by atoms with E-state index < -0.39 is 0 Å². The van der Waals surface area contributed by atoms with Crippen molar-refractivity contribution < 1.29 is 13.9 Å².